The van der Waals surface area contributed by atoms with Gasteiger partial charge in [-0.25, -0.2) is 8.78 Å². The normalized spacial score (nSPS) is 11.4. The topological polar surface area (TPSA) is 26.4 Å². The quantitative estimate of drug-likeness (QED) is 0.323. The second-order valence-corrected chi connectivity index (χ2v) is 8.52. The molecule has 7 heteroatoms. The van der Waals surface area contributed by atoms with Crippen LogP contribution in [0.15, 0.2) is 77.6 Å². The number of thiazole rings is 1. The fraction of sp³-hybridized carbons (Fsp3) is 0.0435. The van der Waals surface area contributed by atoms with Crippen molar-refractivity contribution >= 4 is 40.1 Å². The van der Waals surface area contributed by atoms with E-state index >= 15 is 0 Å². The maximum Gasteiger partial charge on any atom is 0.261 e. The maximum atomic E-state index is 14.7. The van der Waals surface area contributed by atoms with Gasteiger partial charge in [0.1, 0.15) is 17.3 Å². The van der Waals surface area contributed by atoms with E-state index in [1.54, 1.807) is 47.0 Å². The highest BCUT2D eigenvalue weighted by molar-refractivity contribution is 7.73. The van der Waals surface area contributed by atoms with E-state index in [9.17, 15) is 13.6 Å². The van der Waals surface area contributed by atoms with E-state index in [0.717, 1.165) is 5.56 Å². The molecule has 0 saturated carbocycles. The van der Waals surface area contributed by atoms with Crippen LogP contribution in [0.25, 0.3) is 27.0 Å². The smallest absolute Gasteiger partial charge is 0.261 e. The molecule has 0 atom stereocenters. The van der Waals surface area contributed by atoms with Crippen molar-refractivity contribution in [2.45, 2.75) is 6.54 Å². The van der Waals surface area contributed by atoms with Crippen LogP contribution in [-0.2, 0) is 6.54 Å². The summed E-state index contributed by atoms with van der Waals surface area (Å²) in [6.45, 7) is 0.209. The average molecular weight is 437 g/mol. The van der Waals surface area contributed by atoms with Gasteiger partial charge in [0, 0.05) is 5.56 Å². The molecule has 0 N–H and O–H groups in total. The Morgan fingerprint density at radius 1 is 0.900 bits per heavy atom. The molecule has 2 heterocycles. The zero-order valence-corrected chi connectivity index (χ0v) is 17.1. The molecule has 5 aromatic rings. The SMILES string of the molecule is O=c1c2ccccc2n2c(=S)sc(-c3ccccc3F)c2n1Cc1ccc(F)cc1. The van der Waals surface area contributed by atoms with Crippen LogP contribution in [0.1, 0.15) is 5.56 Å². The highest BCUT2D eigenvalue weighted by Gasteiger charge is 2.20. The van der Waals surface area contributed by atoms with Gasteiger partial charge in [-0.2, -0.15) is 0 Å². The van der Waals surface area contributed by atoms with Crippen molar-refractivity contribution in [3.05, 3.63) is 104 Å². The fourth-order valence-electron chi connectivity index (χ4n) is 3.65. The number of hydrogen-bond acceptors (Lipinski definition) is 3. The van der Waals surface area contributed by atoms with E-state index in [1.165, 1.54) is 29.5 Å². The minimum atomic E-state index is -0.384. The van der Waals surface area contributed by atoms with Crippen LogP contribution in [0, 0.1) is 15.6 Å². The van der Waals surface area contributed by atoms with Crippen molar-refractivity contribution in [2.24, 2.45) is 0 Å². The van der Waals surface area contributed by atoms with Gasteiger partial charge in [-0.15, -0.1) is 11.3 Å². The van der Waals surface area contributed by atoms with E-state index in [-0.39, 0.29) is 23.7 Å². The Bertz CT molecular complexity index is 1530. The molecule has 0 unspecified atom stereocenters. The Morgan fingerprint density at radius 2 is 1.60 bits per heavy atom. The molecule has 148 valence electrons. The number of nitrogens with zero attached hydrogens (tertiary/aromatic N) is 2. The van der Waals surface area contributed by atoms with E-state index < -0.39 is 0 Å². The van der Waals surface area contributed by atoms with Crippen LogP contribution in [0.2, 0.25) is 0 Å². The van der Waals surface area contributed by atoms with E-state index in [0.29, 0.717) is 30.9 Å². The summed E-state index contributed by atoms with van der Waals surface area (Å²) in [4.78, 5) is 14.0. The number of aromatic nitrogens is 2. The monoisotopic (exact) mass is 436 g/mol. The Balaban J connectivity index is 1.92. The maximum absolute atomic E-state index is 14.7. The Kier molecular flexibility index (Phi) is 4.56. The fourth-order valence-corrected chi connectivity index (χ4v) is 5.11. The predicted molar refractivity (Wildman–Crippen MR) is 119 cm³/mol. The molecule has 0 aliphatic carbocycles. The number of benzene rings is 3. The molecule has 0 radical (unpaired) electrons. The standard InChI is InChI=1S/C23H14F2N2OS2/c24-15-11-9-14(10-12-15)13-26-21-20(16-5-1-3-7-18(16)25)30-23(29)27(21)19-8-4-2-6-17(19)22(26)28/h1-12H,13H2. The summed E-state index contributed by atoms with van der Waals surface area (Å²) in [5.41, 5.74) is 2.14. The zero-order valence-electron chi connectivity index (χ0n) is 15.5. The van der Waals surface area contributed by atoms with Crippen LogP contribution in [0.5, 0.6) is 0 Å². The van der Waals surface area contributed by atoms with Crippen molar-refractivity contribution in [2.75, 3.05) is 0 Å². The molecule has 0 saturated heterocycles. The Hall–Kier alpha value is -3.16. The van der Waals surface area contributed by atoms with Crippen LogP contribution in [0.4, 0.5) is 8.78 Å². The van der Waals surface area contributed by atoms with Gasteiger partial charge < -0.3 is 0 Å². The van der Waals surface area contributed by atoms with Crippen LogP contribution in [-0.4, -0.2) is 8.97 Å². The summed E-state index contributed by atoms with van der Waals surface area (Å²) in [5, 5.41) is 0.515. The molecule has 0 aliphatic heterocycles. The van der Waals surface area contributed by atoms with Gasteiger partial charge in [-0.05, 0) is 48.1 Å². The first kappa shape index (κ1) is 18.8. The first-order chi connectivity index (χ1) is 14.5. The molecule has 30 heavy (non-hydrogen) atoms. The second kappa shape index (κ2) is 7.27. The third kappa shape index (κ3) is 2.98. The molecule has 3 nitrogen and oxygen atoms in total. The van der Waals surface area contributed by atoms with Crippen molar-refractivity contribution in [1.29, 1.82) is 0 Å². The van der Waals surface area contributed by atoms with Gasteiger partial charge in [0.25, 0.3) is 5.56 Å². The molecule has 0 spiro atoms. The lowest BCUT2D eigenvalue weighted by Crippen LogP contribution is -2.23. The minimum Gasteiger partial charge on any atom is -0.288 e. The van der Waals surface area contributed by atoms with E-state index in [1.807, 2.05) is 16.5 Å². The van der Waals surface area contributed by atoms with Gasteiger partial charge in [0.05, 0.1) is 22.3 Å². The zero-order chi connectivity index (χ0) is 20.8. The van der Waals surface area contributed by atoms with E-state index in [2.05, 4.69) is 0 Å². The molecule has 0 fully saturated rings. The number of hydrogen-bond donors (Lipinski definition) is 0. The van der Waals surface area contributed by atoms with Gasteiger partial charge in [0.2, 0.25) is 0 Å². The molecular formula is C23H14F2N2OS2. The van der Waals surface area contributed by atoms with Crippen LogP contribution < -0.4 is 5.56 Å². The summed E-state index contributed by atoms with van der Waals surface area (Å²) in [5.74, 6) is -0.732. The third-order valence-corrected chi connectivity index (χ3v) is 6.43. The number of rotatable bonds is 3. The highest BCUT2D eigenvalue weighted by Crippen LogP contribution is 2.34. The second-order valence-electron chi connectivity index (χ2n) is 6.87. The van der Waals surface area contributed by atoms with Gasteiger partial charge in [-0.3, -0.25) is 13.8 Å². The minimum absolute atomic E-state index is 0.208. The molecule has 0 bridgehead atoms. The lowest BCUT2D eigenvalue weighted by atomic mass is 10.1. The van der Waals surface area contributed by atoms with Gasteiger partial charge in [0.15, 0.2) is 3.95 Å². The third-order valence-electron chi connectivity index (χ3n) is 5.04. The van der Waals surface area contributed by atoms with Crippen molar-refractivity contribution in [3.8, 4) is 10.4 Å². The number of para-hydroxylation sites is 1. The summed E-state index contributed by atoms with van der Waals surface area (Å²) in [6, 6.07) is 19.6. The predicted octanol–water partition coefficient (Wildman–Crippen LogP) is 6.04. The molecule has 0 aliphatic rings. The lowest BCUT2D eigenvalue weighted by Gasteiger charge is -2.13. The van der Waals surface area contributed by atoms with Gasteiger partial charge >= 0.3 is 0 Å². The number of fused-ring (bicyclic) bond motifs is 3. The lowest BCUT2D eigenvalue weighted by molar-refractivity contribution is 0.626. The van der Waals surface area contributed by atoms with Crippen molar-refractivity contribution in [3.63, 3.8) is 0 Å². The summed E-state index contributed by atoms with van der Waals surface area (Å²) in [7, 11) is 0. The van der Waals surface area contributed by atoms with Crippen LogP contribution >= 0.6 is 23.6 Å². The molecule has 5 rings (SSSR count). The first-order valence-corrected chi connectivity index (χ1v) is 10.4. The average Bonchev–Trinajstić information content (AvgIpc) is 3.10. The highest BCUT2D eigenvalue weighted by atomic mass is 32.1. The summed E-state index contributed by atoms with van der Waals surface area (Å²) >= 11 is 6.89. The summed E-state index contributed by atoms with van der Waals surface area (Å²) in [6.07, 6.45) is 0. The van der Waals surface area contributed by atoms with E-state index in [4.69, 9.17) is 12.2 Å². The van der Waals surface area contributed by atoms with Crippen LogP contribution in [0.3, 0.4) is 0 Å². The molecular weight excluding hydrogens is 422 g/mol. The van der Waals surface area contributed by atoms with Crippen molar-refractivity contribution < 1.29 is 8.78 Å². The first-order valence-electron chi connectivity index (χ1n) is 9.21. The Morgan fingerprint density at radius 3 is 2.37 bits per heavy atom. The molecule has 2 aromatic heterocycles. The number of halogens is 2. The largest absolute Gasteiger partial charge is 0.288 e. The summed E-state index contributed by atoms with van der Waals surface area (Å²) < 4.78 is 32.0. The molecule has 0 amide bonds. The molecule has 3 aromatic carbocycles. The van der Waals surface area contributed by atoms with Crippen molar-refractivity contribution in [1.82, 2.24) is 8.97 Å². The Labute approximate surface area is 179 Å². The van der Waals surface area contributed by atoms with Gasteiger partial charge in [-0.1, -0.05) is 42.5 Å².